The van der Waals surface area contributed by atoms with E-state index in [2.05, 4.69) is 30.3 Å². The summed E-state index contributed by atoms with van der Waals surface area (Å²) in [5, 5.41) is 0. The molecule has 15 heavy (non-hydrogen) atoms. The summed E-state index contributed by atoms with van der Waals surface area (Å²) in [6, 6.07) is 11.2. The Bertz CT molecular complexity index is 300. The van der Waals surface area contributed by atoms with Crippen molar-refractivity contribution < 1.29 is 0 Å². The minimum Gasteiger partial charge on any atom is -0.0622 e. The molecule has 1 aromatic carbocycles. The van der Waals surface area contributed by atoms with Crippen LogP contribution in [0.15, 0.2) is 30.3 Å². The maximum Gasteiger partial charge on any atom is -0.0156 e. The average molecular weight is 200 g/mol. The predicted octanol–water partition coefficient (Wildman–Crippen LogP) is 4.37. The van der Waals surface area contributed by atoms with E-state index in [0.717, 1.165) is 17.8 Å². The number of hydrogen-bond acceptors (Lipinski definition) is 0. The maximum absolute atomic E-state index is 2.32. The van der Waals surface area contributed by atoms with Crippen LogP contribution in [0.5, 0.6) is 0 Å². The highest BCUT2D eigenvalue weighted by Gasteiger charge is 2.35. The van der Waals surface area contributed by atoms with E-state index in [1.807, 2.05) is 0 Å². The third-order valence-corrected chi connectivity index (χ3v) is 4.51. The fraction of sp³-hybridized carbons (Fsp3) is 0.600. The largest absolute Gasteiger partial charge is 0.0622 e. The third-order valence-electron chi connectivity index (χ3n) is 4.51. The zero-order valence-corrected chi connectivity index (χ0v) is 9.36. The Hall–Kier alpha value is -0.780. The van der Waals surface area contributed by atoms with Crippen LogP contribution in [-0.4, -0.2) is 0 Å². The molecular weight excluding hydrogens is 180 g/mol. The fourth-order valence-corrected chi connectivity index (χ4v) is 3.73. The Morgan fingerprint density at radius 3 is 2.00 bits per heavy atom. The molecule has 1 aromatic rings. The molecule has 2 fully saturated rings. The second-order valence-corrected chi connectivity index (χ2v) is 5.38. The number of hydrogen-bond donors (Lipinski definition) is 0. The van der Waals surface area contributed by atoms with Gasteiger partial charge in [-0.2, -0.15) is 0 Å². The van der Waals surface area contributed by atoms with Gasteiger partial charge in [0.2, 0.25) is 0 Å². The van der Waals surface area contributed by atoms with Gasteiger partial charge in [-0.3, -0.25) is 0 Å². The molecule has 0 nitrogen and oxygen atoms in total. The Labute approximate surface area is 92.7 Å². The molecule has 0 aromatic heterocycles. The summed E-state index contributed by atoms with van der Waals surface area (Å²) in [6.07, 6.45) is 8.93. The molecule has 0 heteroatoms. The standard InChI is InChI=1S/C15H20/c1-2-6-12(7-3-1)15-10-13-8-4-5-9-14(13)11-15/h1-3,6-7,13-15H,4-5,8-11H2/t13-,14?,15?/m1/s1. The maximum atomic E-state index is 2.32. The summed E-state index contributed by atoms with van der Waals surface area (Å²) in [4.78, 5) is 0. The molecule has 0 amide bonds. The van der Waals surface area contributed by atoms with Gasteiger partial charge in [-0.05, 0) is 36.2 Å². The summed E-state index contributed by atoms with van der Waals surface area (Å²) in [5.41, 5.74) is 1.59. The molecule has 2 unspecified atom stereocenters. The lowest BCUT2D eigenvalue weighted by Gasteiger charge is -2.24. The molecule has 0 bridgehead atoms. The minimum atomic E-state index is 0.874. The van der Waals surface area contributed by atoms with Crippen LogP contribution < -0.4 is 0 Å². The van der Waals surface area contributed by atoms with Gasteiger partial charge in [0.1, 0.15) is 0 Å². The summed E-state index contributed by atoms with van der Waals surface area (Å²) >= 11 is 0. The van der Waals surface area contributed by atoms with Crippen LogP contribution in [0.3, 0.4) is 0 Å². The van der Waals surface area contributed by atoms with Crippen molar-refractivity contribution in [1.82, 2.24) is 0 Å². The van der Waals surface area contributed by atoms with E-state index >= 15 is 0 Å². The molecule has 2 aliphatic rings. The Kier molecular flexibility index (Phi) is 2.52. The zero-order chi connectivity index (χ0) is 10.1. The SMILES string of the molecule is c1ccc(C2CC3CCCC[C@@H]3C2)cc1. The second kappa shape index (κ2) is 4.00. The molecule has 0 N–H and O–H groups in total. The lowest BCUT2D eigenvalue weighted by molar-refractivity contribution is 0.277. The van der Waals surface area contributed by atoms with Gasteiger partial charge in [-0.25, -0.2) is 0 Å². The summed E-state index contributed by atoms with van der Waals surface area (Å²) < 4.78 is 0. The Balaban J connectivity index is 1.75. The molecule has 0 aliphatic heterocycles. The van der Waals surface area contributed by atoms with Crippen molar-refractivity contribution in [2.75, 3.05) is 0 Å². The first-order valence-electron chi connectivity index (χ1n) is 6.48. The van der Waals surface area contributed by atoms with E-state index in [4.69, 9.17) is 0 Å². The first-order valence-corrected chi connectivity index (χ1v) is 6.48. The molecule has 0 saturated heterocycles. The molecule has 3 rings (SSSR count). The summed E-state index contributed by atoms with van der Waals surface area (Å²) in [5.74, 6) is 2.99. The molecule has 80 valence electrons. The van der Waals surface area contributed by atoms with Crippen LogP contribution in [-0.2, 0) is 0 Å². The first kappa shape index (κ1) is 9.45. The third kappa shape index (κ3) is 1.82. The van der Waals surface area contributed by atoms with Gasteiger partial charge >= 0.3 is 0 Å². The first-order chi connectivity index (χ1) is 7.43. The zero-order valence-electron chi connectivity index (χ0n) is 9.36. The van der Waals surface area contributed by atoms with Crippen molar-refractivity contribution in [2.24, 2.45) is 11.8 Å². The van der Waals surface area contributed by atoms with Gasteiger partial charge in [0.15, 0.2) is 0 Å². The molecular formula is C15H20. The average Bonchev–Trinajstić information content (AvgIpc) is 2.74. The lowest BCUT2D eigenvalue weighted by atomic mass is 9.82. The lowest BCUT2D eigenvalue weighted by Crippen LogP contribution is -2.12. The topological polar surface area (TPSA) is 0 Å². The fourth-order valence-electron chi connectivity index (χ4n) is 3.73. The number of rotatable bonds is 1. The van der Waals surface area contributed by atoms with Crippen molar-refractivity contribution in [3.63, 3.8) is 0 Å². The molecule has 2 aliphatic carbocycles. The number of benzene rings is 1. The van der Waals surface area contributed by atoms with E-state index in [9.17, 15) is 0 Å². The van der Waals surface area contributed by atoms with Gasteiger partial charge in [0.05, 0.1) is 0 Å². The summed E-state index contributed by atoms with van der Waals surface area (Å²) in [6.45, 7) is 0. The van der Waals surface area contributed by atoms with E-state index in [-0.39, 0.29) is 0 Å². The van der Waals surface area contributed by atoms with Gasteiger partial charge in [-0.15, -0.1) is 0 Å². The highest BCUT2D eigenvalue weighted by molar-refractivity contribution is 5.21. The van der Waals surface area contributed by atoms with Crippen LogP contribution in [0.2, 0.25) is 0 Å². The van der Waals surface area contributed by atoms with Crippen molar-refractivity contribution >= 4 is 0 Å². The molecule has 3 atom stereocenters. The molecule has 0 radical (unpaired) electrons. The smallest absolute Gasteiger partial charge is 0.0156 e. The highest BCUT2D eigenvalue weighted by atomic mass is 14.4. The van der Waals surface area contributed by atoms with Crippen molar-refractivity contribution in [1.29, 1.82) is 0 Å². The van der Waals surface area contributed by atoms with E-state index in [0.29, 0.717) is 0 Å². The van der Waals surface area contributed by atoms with Gasteiger partial charge in [0, 0.05) is 0 Å². The Morgan fingerprint density at radius 2 is 1.40 bits per heavy atom. The van der Waals surface area contributed by atoms with Crippen LogP contribution >= 0.6 is 0 Å². The van der Waals surface area contributed by atoms with Gasteiger partial charge in [0.25, 0.3) is 0 Å². The molecule has 0 heterocycles. The molecule has 0 spiro atoms. The monoisotopic (exact) mass is 200 g/mol. The Morgan fingerprint density at radius 1 is 0.800 bits per heavy atom. The van der Waals surface area contributed by atoms with Crippen molar-refractivity contribution in [3.05, 3.63) is 35.9 Å². The van der Waals surface area contributed by atoms with Crippen LogP contribution in [0.4, 0.5) is 0 Å². The van der Waals surface area contributed by atoms with Crippen LogP contribution in [0.1, 0.15) is 50.0 Å². The quantitative estimate of drug-likeness (QED) is 0.631. The minimum absolute atomic E-state index is 0.874. The normalized spacial score (nSPS) is 35.1. The van der Waals surface area contributed by atoms with Crippen molar-refractivity contribution in [2.45, 2.75) is 44.4 Å². The van der Waals surface area contributed by atoms with Gasteiger partial charge in [-0.1, -0.05) is 56.0 Å². The van der Waals surface area contributed by atoms with E-state index in [1.54, 1.807) is 5.56 Å². The van der Waals surface area contributed by atoms with Crippen LogP contribution in [0, 0.1) is 11.8 Å². The predicted molar refractivity (Wildman–Crippen MR) is 63.9 cm³/mol. The van der Waals surface area contributed by atoms with Crippen molar-refractivity contribution in [3.8, 4) is 0 Å². The van der Waals surface area contributed by atoms with E-state index in [1.165, 1.54) is 38.5 Å². The van der Waals surface area contributed by atoms with Gasteiger partial charge < -0.3 is 0 Å². The molecule has 2 saturated carbocycles. The summed E-state index contributed by atoms with van der Waals surface area (Å²) in [7, 11) is 0. The number of fused-ring (bicyclic) bond motifs is 1. The highest BCUT2D eigenvalue weighted by Crippen LogP contribution is 2.48. The van der Waals surface area contributed by atoms with E-state index < -0.39 is 0 Å². The van der Waals surface area contributed by atoms with Crippen LogP contribution in [0.25, 0.3) is 0 Å². The second-order valence-electron chi connectivity index (χ2n) is 5.38.